The summed E-state index contributed by atoms with van der Waals surface area (Å²) in [6.45, 7) is 0.811. The summed E-state index contributed by atoms with van der Waals surface area (Å²) < 4.78 is 15.4. The van der Waals surface area contributed by atoms with Crippen molar-refractivity contribution < 1.29 is 4.39 Å². The maximum absolute atomic E-state index is 13.4. The first-order valence-electron chi connectivity index (χ1n) is 8.52. The van der Waals surface area contributed by atoms with E-state index >= 15 is 0 Å². The summed E-state index contributed by atoms with van der Waals surface area (Å²) in [6.07, 6.45) is 3.59. The van der Waals surface area contributed by atoms with Crippen LogP contribution in [0.2, 0.25) is 0 Å². The van der Waals surface area contributed by atoms with Crippen LogP contribution < -0.4 is 5.73 Å². The van der Waals surface area contributed by atoms with Crippen molar-refractivity contribution in [1.29, 1.82) is 0 Å². The highest BCUT2D eigenvalue weighted by Crippen LogP contribution is 2.32. The molecule has 0 aliphatic rings. The van der Waals surface area contributed by atoms with Gasteiger partial charge in [-0.1, -0.05) is 0 Å². The van der Waals surface area contributed by atoms with Crippen LogP contribution >= 0.6 is 0 Å². The Morgan fingerprint density at radius 1 is 1.07 bits per heavy atom. The van der Waals surface area contributed by atoms with Crippen molar-refractivity contribution in [3.63, 3.8) is 0 Å². The molecule has 0 spiro atoms. The van der Waals surface area contributed by atoms with Crippen LogP contribution in [-0.2, 0) is 6.54 Å². The van der Waals surface area contributed by atoms with Gasteiger partial charge in [-0.3, -0.25) is 4.40 Å². The summed E-state index contributed by atoms with van der Waals surface area (Å²) in [5.41, 5.74) is 10.7. The summed E-state index contributed by atoms with van der Waals surface area (Å²) in [4.78, 5) is 15.2. The number of pyridine rings is 1. The fourth-order valence-electron chi connectivity index (χ4n) is 3.11. The quantitative estimate of drug-likeness (QED) is 0.603. The van der Waals surface area contributed by atoms with Gasteiger partial charge in [0.2, 0.25) is 5.95 Å². The predicted octanol–water partition coefficient (Wildman–Crippen LogP) is 3.24. The maximum atomic E-state index is 13.4. The minimum atomic E-state index is -0.288. The van der Waals surface area contributed by atoms with Crippen molar-refractivity contribution >= 4 is 11.6 Å². The van der Waals surface area contributed by atoms with E-state index in [1.807, 2.05) is 30.8 Å². The van der Waals surface area contributed by atoms with Gasteiger partial charge in [0.25, 0.3) is 0 Å². The number of anilines is 1. The van der Waals surface area contributed by atoms with Crippen LogP contribution in [0, 0.1) is 5.82 Å². The van der Waals surface area contributed by atoms with Crippen molar-refractivity contribution in [1.82, 2.24) is 24.3 Å². The van der Waals surface area contributed by atoms with Crippen molar-refractivity contribution in [3.05, 3.63) is 66.2 Å². The van der Waals surface area contributed by atoms with Crippen LogP contribution in [0.15, 0.2) is 54.9 Å². The number of nitrogens with two attached hydrogens (primary N) is 1. The molecule has 0 saturated carbocycles. The summed E-state index contributed by atoms with van der Waals surface area (Å²) in [7, 11) is 4.05. The van der Waals surface area contributed by atoms with Crippen molar-refractivity contribution in [3.8, 4) is 22.6 Å². The number of fused-ring (bicyclic) bond motifs is 1. The van der Waals surface area contributed by atoms with Gasteiger partial charge in [0.15, 0.2) is 0 Å². The Morgan fingerprint density at radius 2 is 1.85 bits per heavy atom. The number of hydrogen-bond acceptors (Lipinski definition) is 5. The van der Waals surface area contributed by atoms with E-state index in [0.29, 0.717) is 5.69 Å². The third kappa shape index (κ3) is 3.37. The number of nitrogen functional groups attached to an aromatic ring is 1. The van der Waals surface area contributed by atoms with Gasteiger partial charge >= 0.3 is 0 Å². The van der Waals surface area contributed by atoms with Gasteiger partial charge in [0, 0.05) is 24.5 Å². The first kappa shape index (κ1) is 17.1. The zero-order valence-corrected chi connectivity index (χ0v) is 15.1. The van der Waals surface area contributed by atoms with Crippen LogP contribution in [0.1, 0.15) is 5.56 Å². The van der Waals surface area contributed by atoms with E-state index in [4.69, 9.17) is 10.7 Å². The molecule has 4 aromatic rings. The zero-order chi connectivity index (χ0) is 19.0. The van der Waals surface area contributed by atoms with Gasteiger partial charge in [-0.25, -0.2) is 19.3 Å². The third-order valence-electron chi connectivity index (χ3n) is 4.22. The molecule has 3 heterocycles. The second kappa shape index (κ2) is 6.77. The number of benzene rings is 1. The Bertz CT molecular complexity index is 1100. The summed E-state index contributed by atoms with van der Waals surface area (Å²) in [5, 5.41) is 0. The van der Waals surface area contributed by atoms with Gasteiger partial charge in [0.1, 0.15) is 11.5 Å². The van der Waals surface area contributed by atoms with Crippen LogP contribution in [0.5, 0.6) is 0 Å². The molecule has 0 aliphatic carbocycles. The molecule has 0 unspecified atom stereocenters. The average Bonchev–Trinajstić information content (AvgIpc) is 3.00. The highest BCUT2D eigenvalue weighted by Gasteiger charge is 2.18. The Morgan fingerprint density at radius 3 is 2.56 bits per heavy atom. The lowest BCUT2D eigenvalue weighted by atomic mass is 10.1. The minimum Gasteiger partial charge on any atom is -0.368 e. The largest absolute Gasteiger partial charge is 0.368 e. The lowest BCUT2D eigenvalue weighted by molar-refractivity contribution is 0.402. The second-order valence-electron chi connectivity index (χ2n) is 6.62. The number of halogens is 1. The molecular formula is C20H19FN6. The monoisotopic (exact) mass is 362 g/mol. The predicted molar refractivity (Wildman–Crippen MR) is 103 cm³/mol. The molecule has 0 amide bonds. The van der Waals surface area contributed by atoms with E-state index in [9.17, 15) is 4.39 Å². The summed E-state index contributed by atoms with van der Waals surface area (Å²) in [5.74, 6) is -0.0969. The fraction of sp³-hybridized carbons (Fsp3) is 0.150. The first-order valence-corrected chi connectivity index (χ1v) is 8.52. The number of imidazole rings is 1. The van der Waals surface area contributed by atoms with E-state index in [1.54, 1.807) is 24.4 Å². The van der Waals surface area contributed by atoms with Gasteiger partial charge in [-0.2, -0.15) is 0 Å². The molecule has 0 saturated heterocycles. The molecular weight excluding hydrogens is 343 g/mol. The van der Waals surface area contributed by atoms with E-state index in [1.165, 1.54) is 12.1 Å². The van der Waals surface area contributed by atoms with Crippen LogP contribution in [0.4, 0.5) is 10.3 Å². The van der Waals surface area contributed by atoms with Crippen molar-refractivity contribution in [2.24, 2.45) is 0 Å². The molecule has 0 radical (unpaired) electrons. The van der Waals surface area contributed by atoms with Gasteiger partial charge in [-0.05, 0) is 62.1 Å². The topological polar surface area (TPSA) is 72.3 Å². The first-order chi connectivity index (χ1) is 13.0. The Kier molecular flexibility index (Phi) is 4.29. The Hall–Kier alpha value is -3.32. The maximum Gasteiger partial charge on any atom is 0.220 e. The van der Waals surface area contributed by atoms with E-state index in [0.717, 1.165) is 34.7 Å². The zero-order valence-electron chi connectivity index (χ0n) is 15.1. The average molecular weight is 362 g/mol. The Labute approximate surface area is 156 Å². The van der Waals surface area contributed by atoms with E-state index in [-0.39, 0.29) is 11.8 Å². The van der Waals surface area contributed by atoms with E-state index < -0.39 is 0 Å². The molecule has 0 fully saturated rings. The minimum absolute atomic E-state index is 0.191. The molecule has 0 bridgehead atoms. The summed E-state index contributed by atoms with van der Waals surface area (Å²) >= 11 is 0. The number of hydrogen-bond donors (Lipinski definition) is 1. The lowest BCUT2D eigenvalue weighted by Crippen LogP contribution is -2.10. The third-order valence-corrected chi connectivity index (χ3v) is 4.22. The van der Waals surface area contributed by atoms with E-state index in [2.05, 4.69) is 20.9 Å². The van der Waals surface area contributed by atoms with Crippen LogP contribution in [0.25, 0.3) is 28.3 Å². The normalized spacial score (nSPS) is 11.4. The number of rotatable bonds is 4. The number of aromatic nitrogens is 4. The summed E-state index contributed by atoms with van der Waals surface area (Å²) in [6, 6.07) is 12.2. The molecule has 4 rings (SSSR count). The van der Waals surface area contributed by atoms with Crippen molar-refractivity contribution in [2.45, 2.75) is 6.54 Å². The molecule has 6 nitrogen and oxygen atoms in total. The SMILES string of the molecule is CN(C)Cc1ccn2c(-c3ccnc(N)n3)c(-c3ccc(F)cc3)nc2c1. The molecule has 1 aromatic carbocycles. The number of nitrogens with zero attached hydrogens (tertiary/aromatic N) is 5. The second-order valence-corrected chi connectivity index (χ2v) is 6.62. The Balaban J connectivity index is 1.96. The highest BCUT2D eigenvalue weighted by molar-refractivity contribution is 5.80. The molecule has 27 heavy (non-hydrogen) atoms. The van der Waals surface area contributed by atoms with Gasteiger partial charge in [-0.15, -0.1) is 0 Å². The lowest BCUT2D eigenvalue weighted by Gasteiger charge is -2.10. The molecule has 0 aliphatic heterocycles. The highest BCUT2D eigenvalue weighted by atomic mass is 19.1. The molecule has 7 heteroatoms. The van der Waals surface area contributed by atoms with Crippen molar-refractivity contribution in [2.75, 3.05) is 19.8 Å². The van der Waals surface area contributed by atoms with Crippen LogP contribution in [-0.4, -0.2) is 38.3 Å². The van der Waals surface area contributed by atoms with Gasteiger partial charge < -0.3 is 10.6 Å². The standard InChI is InChI=1S/C20H19FN6/c1-26(2)12-13-8-10-27-17(11-13)25-18(14-3-5-15(21)6-4-14)19(27)16-7-9-23-20(22)24-16/h3-11H,12H2,1-2H3,(H2,22,23,24). The van der Waals surface area contributed by atoms with Gasteiger partial charge in [0.05, 0.1) is 17.1 Å². The smallest absolute Gasteiger partial charge is 0.220 e. The van der Waals surface area contributed by atoms with Crippen LogP contribution in [0.3, 0.4) is 0 Å². The fourth-order valence-corrected chi connectivity index (χ4v) is 3.11. The molecule has 136 valence electrons. The molecule has 3 aromatic heterocycles. The molecule has 2 N–H and O–H groups in total. The molecule has 0 atom stereocenters.